The van der Waals surface area contributed by atoms with Gasteiger partial charge in [-0.15, -0.1) is 0 Å². The topological polar surface area (TPSA) is 64.9 Å². The Kier molecular flexibility index (Phi) is 3.96. The molecular formula is C14H17N3O. The van der Waals surface area contributed by atoms with Crippen LogP contribution in [0.1, 0.15) is 36.9 Å². The van der Waals surface area contributed by atoms with Crippen molar-refractivity contribution in [1.82, 2.24) is 10.6 Å². The van der Waals surface area contributed by atoms with E-state index in [-0.39, 0.29) is 18.0 Å². The predicted molar refractivity (Wildman–Crippen MR) is 68.7 cm³/mol. The highest BCUT2D eigenvalue weighted by atomic mass is 16.2. The second kappa shape index (κ2) is 5.65. The number of nitrogens with one attached hydrogen (secondary N) is 2. The maximum absolute atomic E-state index is 11.9. The summed E-state index contributed by atoms with van der Waals surface area (Å²) in [4.78, 5) is 11.9. The summed E-state index contributed by atoms with van der Waals surface area (Å²) in [6.45, 7) is 2.85. The minimum absolute atomic E-state index is 0.0439. The van der Waals surface area contributed by atoms with Gasteiger partial charge in [-0.1, -0.05) is 12.1 Å². The van der Waals surface area contributed by atoms with Crippen LogP contribution in [0.5, 0.6) is 0 Å². The van der Waals surface area contributed by atoms with Crippen molar-refractivity contribution in [2.75, 3.05) is 6.54 Å². The predicted octanol–water partition coefficient (Wildman–Crippen LogP) is 1.49. The van der Waals surface area contributed by atoms with Gasteiger partial charge in [-0.3, -0.25) is 4.79 Å². The van der Waals surface area contributed by atoms with Crippen molar-refractivity contribution in [3.8, 4) is 6.07 Å². The first-order valence-electron chi connectivity index (χ1n) is 6.24. The summed E-state index contributed by atoms with van der Waals surface area (Å²) in [7, 11) is 0. The molecule has 0 spiro atoms. The molecule has 1 amide bonds. The molecular weight excluding hydrogens is 226 g/mol. The van der Waals surface area contributed by atoms with Crippen LogP contribution in [0.4, 0.5) is 0 Å². The highest BCUT2D eigenvalue weighted by molar-refractivity contribution is 5.82. The van der Waals surface area contributed by atoms with Crippen molar-refractivity contribution in [2.45, 2.75) is 31.8 Å². The maximum Gasteiger partial charge on any atom is 0.237 e. The first kappa shape index (κ1) is 12.6. The van der Waals surface area contributed by atoms with Crippen molar-refractivity contribution in [3.63, 3.8) is 0 Å². The molecule has 2 N–H and O–H groups in total. The standard InChI is InChI=1S/C14H17N3O/c1-10(12-5-2-4-11(8-12)9-15)17-14(18)13-6-3-7-16-13/h2,4-5,8,10,13,16H,3,6-7H2,1H3,(H,17,18)/t10-,13+/m0/s1. The highest BCUT2D eigenvalue weighted by Crippen LogP contribution is 2.15. The van der Waals surface area contributed by atoms with Gasteiger partial charge in [0, 0.05) is 0 Å². The molecule has 1 aliphatic rings. The van der Waals surface area contributed by atoms with Gasteiger partial charge in [-0.05, 0) is 44.0 Å². The fourth-order valence-corrected chi connectivity index (χ4v) is 2.18. The fourth-order valence-electron chi connectivity index (χ4n) is 2.18. The summed E-state index contributed by atoms with van der Waals surface area (Å²) in [5.41, 5.74) is 1.58. The first-order valence-corrected chi connectivity index (χ1v) is 6.24. The largest absolute Gasteiger partial charge is 0.348 e. The fraction of sp³-hybridized carbons (Fsp3) is 0.429. The number of nitriles is 1. The average Bonchev–Trinajstić information content (AvgIpc) is 2.92. The number of nitrogens with zero attached hydrogens (tertiary/aromatic N) is 1. The van der Waals surface area contributed by atoms with Crippen LogP contribution in [0.25, 0.3) is 0 Å². The molecule has 4 nitrogen and oxygen atoms in total. The molecule has 0 aromatic heterocycles. The van der Waals surface area contributed by atoms with Crippen LogP contribution in [0, 0.1) is 11.3 Å². The minimum Gasteiger partial charge on any atom is -0.348 e. The summed E-state index contributed by atoms with van der Waals surface area (Å²) in [6, 6.07) is 9.30. The number of amides is 1. The van der Waals surface area contributed by atoms with Crippen LogP contribution in [-0.2, 0) is 4.79 Å². The van der Waals surface area contributed by atoms with Crippen molar-refractivity contribution in [2.24, 2.45) is 0 Å². The molecule has 1 saturated heterocycles. The zero-order valence-corrected chi connectivity index (χ0v) is 10.4. The Morgan fingerprint density at radius 3 is 3.11 bits per heavy atom. The molecule has 2 rings (SSSR count). The van der Waals surface area contributed by atoms with Gasteiger partial charge in [0.15, 0.2) is 0 Å². The Labute approximate surface area is 107 Å². The molecule has 0 unspecified atom stereocenters. The van der Waals surface area contributed by atoms with E-state index in [0.717, 1.165) is 24.9 Å². The Morgan fingerprint density at radius 2 is 2.44 bits per heavy atom. The van der Waals surface area contributed by atoms with Crippen LogP contribution < -0.4 is 10.6 Å². The van der Waals surface area contributed by atoms with Crippen molar-refractivity contribution < 1.29 is 4.79 Å². The molecule has 0 radical (unpaired) electrons. The third-order valence-corrected chi connectivity index (χ3v) is 3.25. The number of hydrogen-bond donors (Lipinski definition) is 2. The zero-order valence-electron chi connectivity index (χ0n) is 10.4. The summed E-state index contributed by atoms with van der Waals surface area (Å²) < 4.78 is 0. The van der Waals surface area contributed by atoms with Gasteiger partial charge in [0.1, 0.15) is 0 Å². The number of hydrogen-bond acceptors (Lipinski definition) is 3. The number of benzene rings is 1. The lowest BCUT2D eigenvalue weighted by molar-refractivity contribution is -0.123. The second-order valence-electron chi connectivity index (χ2n) is 4.62. The zero-order chi connectivity index (χ0) is 13.0. The summed E-state index contributed by atoms with van der Waals surface area (Å²) in [5.74, 6) is 0.0439. The minimum atomic E-state index is -0.0757. The SMILES string of the molecule is C[C@H](NC(=O)[C@H]1CCCN1)c1cccc(C#N)c1. The van der Waals surface area contributed by atoms with Crippen LogP contribution in [0.3, 0.4) is 0 Å². The van der Waals surface area contributed by atoms with Crippen molar-refractivity contribution in [1.29, 1.82) is 5.26 Å². The lowest BCUT2D eigenvalue weighted by atomic mass is 10.1. The molecule has 0 aliphatic carbocycles. The smallest absolute Gasteiger partial charge is 0.237 e. The van der Waals surface area contributed by atoms with E-state index in [9.17, 15) is 4.79 Å². The van der Waals surface area contributed by atoms with E-state index >= 15 is 0 Å². The normalized spacial score (nSPS) is 20.1. The van der Waals surface area contributed by atoms with Gasteiger partial charge in [0.05, 0.1) is 23.7 Å². The van der Waals surface area contributed by atoms with Crippen LogP contribution >= 0.6 is 0 Å². The van der Waals surface area contributed by atoms with E-state index in [1.54, 1.807) is 6.07 Å². The molecule has 2 atom stereocenters. The van der Waals surface area contributed by atoms with Crippen LogP contribution in [0.2, 0.25) is 0 Å². The summed E-state index contributed by atoms with van der Waals surface area (Å²) in [5, 5.41) is 15.0. The van der Waals surface area contributed by atoms with Crippen LogP contribution in [0.15, 0.2) is 24.3 Å². The Morgan fingerprint density at radius 1 is 1.61 bits per heavy atom. The highest BCUT2D eigenvalue weighted by Gasteiger charge is 2.23. The van der Waals surface area contributed by atoms with Crippen LogP contribution in [-0.4, -0.2) is 18.5 Å². The van der Waals surface area contributed by atoms with Gasteiger partial charge >= 0.3 is 0 Å². The quantitative estimate of drug-likeness (QED) is 0.845. The Hall–Kier alpha value is -1.86. The second-order valence-corrected chi connectivity index (χ2v) is 4.62. The van der Waals surface area contributed by atoms with Gasteiger partial charge in [-0.25, -0.2) is 0 Å². The number of rotatable bonds is 3. The maximum atomic E-state index is 11.9. The molecule has 1 fully saturated rings. The molecule has 1 aromatic carbocycles. The van der Waals surface area contributed by atoms with E-state index in [1.165, 1.54) is 0 Å². The van der Waals surface area contributed by atoms with E-state index in [2.05, 4.69) is 16.7 Å². The van der Waals surface area contributed by atoms with Crippen molar-refractivity contribution >= 4 is 5.91 Å². The van der Waals surface area contributed by atoms with Gasteiger partial charge < -0.3 is 10.6 Å². The molecule has 18 heavy (non-hydrogen) atoms. The lowest BCUT2D eigenvalue weighted by Crippen LogP contribution is -2.41. The number of carbonyl (C=O) groups excluding carboxylic acids is 1. The third-order valence-electron chi connectivity index (χ3n) is 3.25. The molecule has 0 bridgehead atoms. The first-order chi connectivity index (χ1) is 8.70. The third kappa shape index (κ3) is 2.88. The van der Waals surface area contributed by atoms with E-state index in [0.29, 0.717) is 5.56 Å². The summed E-state index contributed by atoms with van der Waals surface area (Å²) in [6.07, 6.45) is 1.95. The number of carbonyl (C=O) groups is 1. The van der Waals surface area contributed by atoms with E-state index < -0.39 is 0 Å². The molecule has 4 heteroatoms. The van der Waals surface area contributed by atoms with Gasteiger partial charge in [0.25, 0.3) is 0 Å². The molecule has 1 aliphatic heterocycles. The van der Waals surface area contributed by atoms with Gasteiger partial charge in [-0.2, -0.15) is 5.26 Å². The summed E-state index contributed by atoms with van der Waals surface area (Å²) >= 11 is 0. The molecule has 0 saturated carbocycles. The lowest BCUT2D eigenvalue weighted by Gasteiger charge is -2.17. The molecule has 1 aromatic rings. The van der Waals surface area contributed by atoms with E-state index in [1.807, 2.05) is 25.1 Å². The molecule has 94 valence electrons. The monoisotopic (exact) mass is 243 g/mol. The van der Waals surface area contributed by atoms with Crippen molar-refractivity contribution in [3.05, 3.63) is 35.4 Å². The average molecular weight is 243 g/mol. The Balaban J connectivity index is 2.00. The van der Waals surface area contributed by atoms with E-state index in [4.69, 9.17) is 5.26 Å². The van der Waals surface area contributed by atoms with Gasteiger partial charge in [0.2, 0.25) is 5.91 Å². The molecule has 1 heterocycles. The Bertz CT molecular complexity index is 472.